The Kier molecular flexibility index (Phi) is 2.92. The van der Waals surface area contributed by atoms with Crippen molar-refractivity contribution in [1.82, 2.24) is 4.31 Å². The number of benzene rings is 1. The fourth-order valence-electron chi connectivity index (χ4n) is 1.74. The molecule has 0 saturated heterocycles. The number of carbonyl (C=O) groups excluding carboxylic acids is 1. The number of unbranched alkanes of at least 4 members (excludes halogenated alkanes) is 1. The number of amides is 1. The van der Waals surface area contributed by atoms with E-state index in [1.165, 1.54) is 0 Å². The van der Waals surface area contributed by atoms with Crippen LogP contribution in [-0.4, -0.2) is 25.9 Å². The molecule has 0 bridgehead atoms. The maximum absolute atomic E-state index is 11.9. The van der Waals surface area contributed by atoms with E-state index in [2.05, 4.69) is 6.92 Å². The molecule has 1 amide bonds. The van der Waals surface area contributed by atoms with Crippen LogP contribution in [0.5, 0.6) is 0 Å². The monoisotopic (exact) mass is 240 g/mol. The summed E-state index contributed by atoms with van der Waals surface area (Å²) in [6, 6.07) is 6.63. The van der Waals surface area contributed by atoms with E-state index >= 15 is 0 Å². The molecule has 1 aromatic rings. The maximum atomic E-state index is 11.9. The van der Waals surface area contributed by atoms with Crippen molar-refractivity contribution in [3.8, 4) is 0 Å². The number of nitrogens with zero attached hydrogens (tertiary/aromatic N) is 1. The second-order valence-electron chi connectivity index (χ2n) is 3.63. The predicted molar refractivity (Wildman–Crippen MR) is 63.2 cm³/mol. The zero-order valence-electron chi connectivity index (χ0n) is 8.80. The summed E-state index contributed by atoms with van der Waals surface area (Å²) in [6.07, 6.45) is 1.32. The topological polar surface area (TPSA) is 60.8 Å². The second-order valence-corrected chi connectivity index (χ2v) is 5.55. The van der Waals surface area contributed by atoms with Gasteiger partial charge in [0.2, 0.25) is 0 Å². The summed E-state index contributed by atoms with van der Waals surface area (Å²) < 4.78 is 21.2. The molecule has 87 valence electrons. The first kappa shape index (κ1) is 11.4. The van der Waals surface area contributed by atoms with Gasteiger partial charge in [-0.2, -0.15) is 0 Å². The molecule has 2 rings (SSSR count). The minimum absolute atomic E-state index is 0.302. The molecule has 1 aliphatic rings. The number of hydrogen-bond acceptors (Lipinski definition) is 3. The first-order chi connectivity index (χ1) is 7.59. The molecule has 2 N–H and O–H groups in total. The molecular weight excluding hydrogens is 226 g/mol. The molecule has 5 heteroatoms. The van der Waals surface area contributed by atoms with E-state index in [-0.39, 0.29) is 5.91 Å². The lowest BCUT2D eigenvalue weighted by Gasteiger charge is -2.36. The first-order valence-electron chi connectivity index (χ1n) is 5.07. The average molecular weight is 240 g/mol. The molecule has 4 nitrogen and oxygen atoms in total. The van der Waals surface area contributed by atoms with E-state index in [9.17, 15) is 13.9 Å². The van der Waals surface area contributed by atoms with Crippen molar-refractivity contribution < 1.29 is 13.9 Å². The highest BCUT2D eigenvalue weighted by atomic mass is 32.3. The van der Waals surface area contributed by atoms with Crippen LogP contribution < -0.4 is 0 Å². The van der Waals surface area contributed by atoms with Gasteiger partial charge in [0.15, 0.2) is 0 Å². The Morgan fingerprint density at radius 2 is 2.00 bits per heavy atom. The van der Waals surface area contributed by atoms with E-state index in [0.29, 0.717) is 29.8 Å². The Bertz CT molecular complexity index is 419. The van der Waals surface area contributed by atoms with Crippen molar-refractivity contribution in [3.63, 3.8) is 0 Å². The SMILES string of the molecule is [CH2]CCCN1C(=O)c2ccccc2S1(O)O. The van der Waals surface area contributed by atoms with Gasteiger partial charge in [0.05, 0.1) is 10.5 Å². The largest absolute Gasteiger partial charge is 0.277 e. The molecule has 16 heavy (non-hydrogen) atoms. The quantitative estimate of drug-likeness (QED) is 0.854. The van der Waals surface area contributed by atoms with Crippen LogP contribution >= 0.6 is 10.8 Å². The van der Waals surface area contributed by atoms with Crippen molar-refractivity contribution in [3.05, 3.63) is 36.8 Å². The minimum Gasteiger partial charge on any atom is -0.277 e. The van der Waals surface area contributed by atoms with E-state index in [1.807, 2.05) is 0 Å². The number of hydrogen-bond donors (Lipinski definition) is 2. The third-order valence-corrected chi connectivity index (χ3v) is 4.47. The van der Waals surface area contributed by atoms with Gasteiger partial charge in [-0.1, -0.05) is 36.3 Å². The molecule has 0 fully saturated rings. The molecule has 1 radical (unpaired) electrons. The Labute approximate surface area is 96.4 Å². The highest BCUT2D eigenvalue weighted by molar-refractivity contribution is 8.23. The van der Waals surface area contributed by atoms with Crippen LogP contribution in [0.2, 0.25) is 0 Å². The highest BCUT2D eigenvalue weighted by Crippen LogP contribution is 2.58. The molecular formula is C11H14NO3S. The Morgan fingerprint density at radius 3 is 2.62 bits per heavy atom. The van der Waals surface area contributed by atoms with Crippen LogP contribution in [0, 0.1) is 6.92 Å². The smallest absolute Gasteiger partial charge is 0.274 e. The van der Waals surface area contributed by atoms with Gasteiger partial charge in [0.1, 0.15) is 0 Å². The van der Waals surface area contributed by atoms with Gasteiger partial charge in [-0.3, -0.25) is 13.9 Å². The van der Waals surface area contributed by atoms with Crippen molar-refractivity contribution in [2.75, 3.05) is 6.54 Å². The minimum atomic E-state index is -3.11. The fraction of sp³-hybridized carbons (Fsp3) is 0.273. The Hall–Kier alpha value is -1.04. The van der Waals surface area contributed by atoms with Crippen LogP contribution in [0.3, 0.4) is 0 Å². The average Bonchev–Trinajstić information content (AvgIpc) is 2.46. The molecule has 1 aliphatic heterocycles. The van der Waals surface area contributed by atoms with Crippen molar-refractivity contribution in [2.45, 2.75) is 17.7 Å². The number of carbonyl (C=O) groups is 1. The van der Waals surface area contributed by atoms with Gasteiger partial charge in [-0.25, -0.2) is 4.31 Å². The third-order valence-electron chi connectivity index (χ3n) is 2.56. The van der Waals surface area contributed by atoms with Crippen molar-refractivity contribution >= 4 is 16.7 Å². The second kappa shape index (κ2) is 4.08. The molecule has 0 atom stereocenters. The summed E-state index contributed by atoms with van der Waals surface area (Å²) in [5.74, 6) is -0.302. The van der Waals surface area contributed by atoms with Gasteiger partial charge >= 0.3 is 0 Å². The molecule has 0 unspecified atom stereocenters. The maximum Gasteiger partial charge on any atom is 0.274 e. The van der Waals surface area contributed by atoms with Crippen LogP contribution in [0.25, 0.3) is 0 Å². The lowest BCUT2D eigenvalue weighted by atomic mass is 10.2. The molecule has 0 aromatic heterocycles. The lowest BCUT2D eigenvalue weighted by molar-refractivity contribution is 0.0862. The van der Waals surface area contributed by atoms with E-state index < -0.39 is 10.8 Å². The highest BCUT2D eigenvalue weighted by Gasteiger charge is 2.40. The van der Waals surface area contributed by atoms with E-state index in [4.69, 9.17) is 0 Å². The molecule has 1 heterocycles. The summed E-state index contributed by atoms with van der Waals surface area (Å²) in [5, 5.41) is 0. The van der Waals surface area contributed by atoms with Crippen molar-refractivity contribution in [2.24, 2.45) is 0 Å². The van der Waals surface area contributed by atoms with Crippen LogP contribution in [0.15, 0.2) is 29.2 Å². The normalized spacial score (nSPS) is 19.7. The Morgan fingerprint density at radius 1 is 1.31 bits per heavy atom. The van der Waals surface area contributed by atoms with Gasteiger partial charge in [-0.15, -0.1) is 0 Å². The molecule has 0 spiro atoms. The standard InChI is InChI=1S/C11H14NO3S/c1-2-3-8-12-11(13)9-6-4-5-7-10(9)16(12,14)15/h4-7,14-15H,1-3,8H2. The number of rotatable bonds is 3. The van der Waals surface area contributed by atoms with Gasteiger partial charge in [0, 0.05) is 6.54 Å². The van der Waals surface area contributed by atoms with Gasteiger partial charge < -0.3 is 0 Å². The predicted octanol–water partition coefficient (Wildman–Crippen LogP) is 2.78. The van der Waals surface area contributed by atoms with E-state index in [1.54, 1.807) is 24.3 Å². The van der Waals surface area contributed by atoms with Crippen LogP contribution in [0.4, 0.5) is 0 Å². The summed E-state index contributed by atoms with van der Waals surface area (Å²) >= 11 is 0. The summed E-state index contributed by atoms with van der Waals surface area (Å²) in [6.45, 7) is 4.01. The fourth-order valence-corrected chi connectivity index (χ4v) is 3.40. The van der Waals surface area contributed by atoms with Gasteiger partial charge in [-0.05, 0) is 18.6 Å². The van der Waals surface area contributed by atoms with Crippen LogP contribution in [-0.2, 0) is 0 Å². The van der Waals surface area contributed by atoms with Gasteiger partial charge in [0.25, 0.3) is 5.91 Å². The summed E-state index contributed by atoms with van der Waals surface area (Å²) in [7, 11) is -3.11. The van der Waals surface area contributed by atoms with Crippen molar-refractivity contribution in [1.29, 1.82) is 0 Å². The molecule has 1 aromatic carbocycles. The lowest BCUT2D eigenvalue weighted by Crippen LogP contribution is -2.28. The third kappa shape index (κ3) is 1.61. The first-order valence-corrected chi connectivity index (χ1v) is 6.58. The van der Waals surface area contributed by atoms with E-state index in [0.717, 1.165) is 4.31 Å². The Balaban J connectivity index is 2.37. The summed E-state index contributed by atoms with van der Waals surface area (Å²) in [4.78, 5) is 12.3. The molecule has 0 aliphatic carbocycles. The molecule has 0 saturated carbocycles. The number of fused-ring (bicyclic) bond motifs is 1. The zero-order valence-corrected chi connectivity index (χ0v) is 9.61. The van der Waals surface area contributed by atoms with Crippen LogP contribution in [0.1, 0.15) is 23.2 Å². The summed E-state index contributed by atoms with van der Waals surface area (Å²) in [5.41, 5.74) is 0.395. The zero-order chi connectivity index (χ0) is 11.8.